The maximum absolute atomic E-state index is 4.94. The number of hydrogen-bond acceptors (Lipinski definition) is 6. The van der Waals surface area contributed by atoms with Gasteiger partial charge in [-0.2, -0.15) is 20.4 Å². The Kier molecular flexibility index (Phi) is 16.2. The van der Waals surface area contributed by atoms with E-state index < -0.39 is 0 Å². The van der Waals surface area contributed by atoms with Gasteiger partial charge in [-0.15, -0.1) is 0 Å². The van der Waals surface area contributed by atoms with Gasteiger partial charge in [0, 0.05) is 13.1 Å². The van der Waals surface area contributed by atoms with Crippen LogP contribution in [0.5, 0.6) is 0 Å². The SMILES string of the molecule is CCN/C([S-])=N/N=C/c1cc(C)ccc1C.CCN/C([S-])=N/N=C/c1cc(C)ccc1C.[Pd+2]. The largest absolute Gasteiger partial charge is 2.00 e. The molecule has 0 heterocycles. The molecule has 0 saturated heterocycles. The predicted molar refractivity (Wildman–Crippen MR) is 144 cm³/mol. The van der Waals surface area contributed by atoms with Crippen LogP contribution in [0.3, 0.4) is 0 Å². The van der Waals surface area contributed by atoms with E-state index in [1.807, 2.05) is 27.7 Å². The van der Waals surface area contributed by atoms with Crippen molar-refractivity contribution >= 4 is 48.0 Å². The van der Waals surface area contributed by atoms with Gasteiger partial charge in [-0.1, -0.05) is 47.5 Å². The van der Waals surface area contributed by atoms with E-state index >= 15 is 0 Å². The minimum Gasteiger partial charge on any atom is -0.741 e. The molecule has 0 fully saturated rings. The van der Waals surface area contributed by atoms with E-state index in [0.29, 0.717) is 10.3 Å². The van der Waals surface area contributed by atoms with Gasteiger partial charge in [-0.25, -0.2) is 0 Å². The molecule has 180 valence electrons. The van der Waals surface area contributed by atoms with E-state index in [-0.39, 0.29) is 20.4 Å². The van der Waals surface area contributed by atoms with Crippen LogP contribution < -0.4 is 10.6 Å². The molecule has 33 heavy (non-hydrogen) atoms. The molecule has 2 N–H and O–H groups in total. The Morgan fingerprint density at radius 3 is 1.42 bits per heavy atom. The van der Waals surface area contributed by atoms with Gasteiger partial charge in [0.25, 0.3) is 0 Å². The molecule has 6 nitrogen and oxygen atoms in total. The van der Waals surface area contributed by atoms with Gasteiger partial charge >= 0.3 is 20.4 Å². The summed E-state index contributed by atoms with van der Waals surface area (Å²) in [6, 6.07) is 12.4. The van der Waals surface area contributed by atoms with Crippen molar-refractivity contribution < 1.29 is 20.4 Å². The second-order valence-electron chi connectivity index (χ2n) is 7.08. The number of benzene rings is 2. The van der Waals surface area contributed by atoms with E-state index in [9.17, 15) is 0 Å². The van der Waals surface area contributed by atoms with E-state index in [1.165, 1.54) is 22.3 Å². The Hall–Kier alpha value is -2.18. The van der Waals surface area contributed by atoms with Gasteiger partial charge in [0.15, 0.2) is 0 Å². The molecule has 9 heteroatoms. The topological polar surface area (TPSA) is 73.5 Å². The van der Waals surface area contributed by atoms with Gasteiger partial charge in [0.1, 0.15) is 0 Å². The van der Waals surface area contributed by atoms with Crippen LogP contribution in [0.4, 0.5) is 0 Å². The van der Waals surface area contributed by atoms with Crippen molar-refractivity contribution in [1.29, 1.82) is 0 Å². The van der Waals surface area contributed by atoms with E-state index in [2.05, 4.69) is 81.3 Å². The number of nitrogens with zero attached hydrogens (tertiary/aromatic N) is 4. The summed E-state index contributed by atoms with van der Waals surface area (Å²) in [5, 5.41) is 22.3. The molecule has 2 aromatic rings. The third-order valence-electron chi connectivity index (χ3n) is 4.22. The predicted octanol–water partition coefficient (Wildman–Crippen LogP) is 4.30. The second kappa shape index (κ2) is 17.3. The van der Waals surface area contributed by atoms with E-state index in [1.54, 1.807) is 12.4 Å². The number of hydrogen-bond donors (Lipinski definition) is 2. The fraction of sp³-hybridized carbons (Fsp3) is 0.333. The van der Waals surface area contributed by atoms with Crippen molar-refractivity contribution in [1.82, 2.24) is 10.6 Å². The summed E-state index contributed by atoms with van der Waals surface area (Å²) >= 11 is 9.87. The van der Waals surface area contributed by atoms with Crippen molar-refractivity contribution in [2.45, 2.75) is 41.5 Å². The molecule has 0 aliphatic heterocycles. The molecule has 0 radical (unpaired) electrons. The molecule has 2 aromatic carbocycles. The molecule has 0 atom stereocenters. The zero-order valence-corrected chi connectivity index (χ0v) is 23.1. The molecule has 0 bridgehead atoms. The molecule has 0 unspecified atom stereocenters. The molecule has 0 spiro atoms. The van der Waals surface area contributed by atoms with Crippen molar-refractivity contribution in [3.05, 3.63) is 69.8 Å². The summed E-state index contributed by atoms with van der Waals surface area (Å²) < 4.78 is 0. The Balaban J connectivity index is 0.000000602. The standard InChI is InChI=1S/2C12H17N3S.Pd/c2*1-4-13-12(16)15-14-8-11-7-9(2)5-6-10(11)3;/h2*5-8H,4H2,1-3H3,(H2,13,15,16);/q;;+2/p-2/b2*14-8+;. The summed E-state index contributed by atoms with van der Waals surface area (Å²) in [7, 11) is 0. The molecule has 2 rings (SSSR count). The van der Waals surface area contributed by atoms with Gasteiger partial charge in [0.05, 0.1) is 12.4 Å². The zero-order valence-electron chi connectivity index (χ0n) is 20.0. The fourth-order valence-electron chi connectivity index (χ4n) is 2.46. The van der Waals surface area contributed by atoms with Crippen LogP contribution in [-0.2, 0) is 45.7 Å². The van der Waals surface area contributed by atoms with Crippen molar-refractivity contribution in [2.24, 2.45) is 20.4 Å². The minimum absolute atomic E-state index is 0. The van der Waals surface area contributed by atoms with Crippen LogP contribution in [0, 0.1) is 27.7 Å². The van der Waals surface area contributed by atoms with Gasteiger partial charge in [-0.3, -0.25) is 0 Å². The Bertz CT molecular complexity index is 907. The van der Waals surface area contributed by atoms with Crippen LogP contribution in [0.1, 0.15) is 47.2 Å². The van der Waals surface area contributed by atoms with Crippen LogP contribution in [0.25, 0.3) is 0 Å². The quantitative estimate of drug-likeness (QED) is 0.177. The van der Waals surface area contributed by atoms with Crippen LogP contribution in [0.15, 0.2) is 56.8 Å². The molecule has 0 saturated carbocycles. The summed E-state index contributed by atoms with van der Waals surface area (Å²) in [6.45, 7) is 13.7. The maximum Gasteiger partial charge on any atom is 2.00 e. The second-order valence-corrected chi connectivity index (χ2v) is 7.85. The molecular formula is C24H32N6PdS2. The van der Waals surface area contributed by atoms with Crippen molar-refractivity contribution in [2.75, 3.05) is 13.1 Å². The Morgan fingerprint density at radius 2 is 1.09 bits per heavy atom. The number of rotatable bonds is 6. The fourth-order valence-corrected chi connectivity index (χ4v) is 2.84. The number of amidine groups is 2. The first-order valence-electron chi connectivity index (χ1n) is 10.4. The summed E-state index contributed by atoms with van der Waals surface area (Å²) in [6.07, 6.45) is 3.46. The van der Waals surface area contributed by atoms with Crippen molar-refractivity contribution in [3.8, 4) is 0 Å². The van der Waals surface area contributed by atoms with Gasteiger partial charge < -0.3 is 35.9 Å². The Labute approximate surface area is 223 Å². The average Bonchev–Trinajstić information content (AvgIpc) is 2.74. The molecule has 0 aliphatic rings. The summed E-state index contributed by atoms with van der Waals surface area (Å²) in [5.74, 6) is 0. The Morgan fingerprint density at radius 1 is 0.727 bits per heavy atom. The third-order valence-corrected chi connectivity index (χ3v) is 4.67. The third kappa shape index (κ3) is 13.2. The van der Waals surface area contributed by atoms with Gasteiger partial charge in [-0.05, 0) is 74.1 Å². The monoisotopic (exact) mass is 574 g/mol. The summed E-state index contributed by atoms with van der Waals surface area (Å²) in [4.78, 5) is 0. The first-order chi connectivity index (χ1) is 15.3. The van der Waals surface area contributed by atoms with E-state index in [0.717, 1.165) is 24.2 Å². The van der Waals surface area contributed by atoms with Crippen molar-refractivity contribution in [3.63, 3.8) is 0 Å². The van der Waals surface area contributed by atoms with Crippen LogP contribution in [-0.4, -0.2) is 35.9 Å². The first kappa shape index (κ1) is 30.8. The molecule has 0 aromatic heterocycles. The number of aryl methyl sites for hydroxylation is 4. The molecule has 0 aliphatic carbocycles. The minimum atomic E-state index is 0. The van der Waals surface area contributed by atoms with Crippen LogP contribution in [0.2, 0.25) is 0 Å². The molecular weight excluding hydrogens is 543 g/mol. The van der Waals surface area contributed by atoms with Crippen LogP contribution >= 0.6 is 0 Å². The summed E-state index contributed by atoms with van der Waals surface area (Å²) in [5.41, 5.74) is 6.92. The smallest absolute Gasteiger partial charge is 0.741 e. The normalized spacial score (nSPS) is 11.7. The van der Waals surface area contributed by atoms with E-state index in [4.69, 9.17) is 25.3 Å². The first-order valence-corrected chi connectivity index (χ1v) is 11.3. The van der Waals surface area contributed by atoms with Gasteiger partial charge in [0.2, 0.25) is 0 Å². The maximum atomic E-state index is 4.94. The number of nitrogens with one attached hydrogen (secondary N) is 2. The average molecular weight is 575 g/mol. The zero-order chi connectivity index (χ0) is 23.9. The molecule has 0 amide bonds.